The highest BCUT2D eigenvalue weighted by molar-refractivity contribution is 7.90. The molecule has 1 aromatic rings. The molecule has 0 spiro atoms. The second kappa shape index (κ2) is 6.21. The van der Waals surface area contributed by atoms with Crippen LogP contribution in [0.5, 0.6) is 0 Å². The van der Waals surface area contributed by atoms with Crippen molar-refractivity contribution in [3.8, 4) is 0 Å². The van der Waals surface area contributed by atoms with Gasteiger partial charge in [0.2, 0.25) is 10.0 Å². The summed E-state index contributed by atoms with van der Waals surface area (Å²) in [4.78, 5) is 0. The van der Waals surface area contributed by atoms with E-state index in [1.165, 1.54) is 0 Å². The van der Waals surface area contributed by atoms with Gasteiger partial charge in [-0.05, 0) is 24.6 Å². The summed E-state index contributed by atoms with van der Waals surface area (Å²) in [6.07, 6.45) is 0.359. The predicted octanol–water partition coefficient (Wildman–Crippen LogP) is 1.12. The molecule has 0 radical (unpaired) electrons. The zero-order valence-corrected chi connectivity index (χ0v) is 10.8. The summed E-state index contributed by atoms with van der Waals surface area (Å²) in [5.41, 5.74) is 5.30. The quantitative estimate of drug-likeness (QED) is 0.819. The average molecular weight is 278 g/mol. The van der Waals surface area contributed by atoms with Gasteiger partial charge in [0.1, 0.15) is 11.6 Å². The highest BCUT2D eigenvalue weighted by Crippen LogP contribution is 2.11. The Morgan fingerprint density at radius 1 is 1.39 bits per heavy atom. The van der Waals surface area contributed by atoms with Crippen LogP contribution in [0.25, 0.3) is 0 Å². The van der Waals surface area contributed by atoms with Crippen molar-refractivity contribution in [2.75, 3.05) is 6.54 Å². The first-order valence-electron chi connectivity index (χ1n) is 5.53. The molecule has 0 saturated heterocycles. The van der Waals surface area contributed by atoms with E-state index in [0.29, 0.717) is 6.42 Å². The van der Waals surface area contributed by atoms with Crippen LogP contribution in [-0.4, -0.2) is 20.2 Å². The topological polar surface area (TPSA) is 72.2 Å². The van der Waals surface area contributed by atoms with Crippen molar-refractivity contribution in [3.63, 3.8) is 0 Å². The lowest BCUT2D eigenvalue weighted by atomic mass is 10.2. The minimum Gasteiger partial charge on any atom is -0.329 e. The molecule has 0 heterocycles. The van der Waals surface area contributed by atoms with Gasteiger partial charge in [-0.25, -0.2) is 21.9 Å². The highest BCUT2D eigenvalue weighted by atomic mass is 32.2. The molecule has 0 bridgehead atoms. The number of hydrogen-bond donors (Lipinski definition) is 2. The number of halogens is 2. The van der Waals surface area contributed by atoms with Crippen molar-refractivity contribution in [1.29, 1.82) is 0 Å². The Kier molecular flexibility index (Phi) is 5.18. The standard InChI is InChI=1S/C11H16F2N2O2S/c1-2-10(6-14)18(16,17)15-7-8-5-9(12)3-4-11(8)13/h3-5,10,15H,2,6-7,14H2,1H3. The van der Waals surface area contributed by atoms with Gasteiger partial charge in [-0.15, -0.1) is 0 Å². The summed E-state index contributed by atoms with van der Waals surface area (Å²) >= 11 is 0. The monoisotopic (exact) mass is 278 g/mol. The predicted molar refractivity (Wildman–Crippen MR) is 65.3 cm³/mol. The highest BCUT2D eigenvalue weighted by Gasteiger charge is 2.22. The summed E-state index contributed by atoms with van der Waals surface area (Å²) in [5, 5.41) is -0.728. The van der Waals surface area contributed by atoms with E-state index in [4.69, 9.17) is 5.73 Å². The number of nitrogens with two attached hydrogens (primary N) is 1. The Labute approximate surface area is 105 Å². The van der Waals surface area contributed by atoms with E-state index in [-0.39, 0.29) is 18.7 Å². The van der Waals surface area contributed by atoms with Crippen LogP contribution in [0.2, 0.25) is 0 Å². The van der Waals surface area contributed by atoms with Crippen molar-refractivity contribution in [2.24, 2.45) is 5.73 Å². The van der Waals surface area contributed by atoms with E-state index in [1.807, 2.05) is 0 Å². The molecule has 1 rings (SSSR count). The molecule has 7 heteroatoms. The Balaban J connectivity index is 2.79. The summed E-state index contributed by atoms with van der Waals surface area (Å²) in [6.45, 7) is 1.39. The Bertz CT molecular complexity index is 502. The summed E-state index contributed by atoms with van der Waals surface area (Å²) in [6, 6.07) is 2.89. The molecule has 0 aliphatic rings. The molecule has 0 fully saturated rings. The van der Waals surface area contributed by atoms with Gasteiger partial charge in [0.25, 0.3) is 0 Å². The lowest BCUT2D eigenvalue weighted by Crippen LogP contribution is -2.38. The lowest BCUT2D eigenvalue weighted by Gasteiger charge is -2.14. The first-order valence-corrected chi connectivity index (χ1v) is 7.07. The fraction of sp³-hybridized carbons (Fsp3) is 0.455. The number of rotatable bonds is 6. The summed E-state index contributed by atoms with van der Waals surface area (Å²) in [5.74, 6) is -1.27. The third-order valence-electron chi connectivity index (χ3n) is 2.63. The fourth-order valence-electron chi connectivity index (χ4n) is 1.49. The number of sulfonamides is 1. The molecule has 4 nitrogen and oxygen atoms in total. The van der Waals surface area contributed by atoms with Gasteiger partial charge >= 0.3 is 0 Å². The van der Waals surface area contributed by atoms with Crippen LogP contribution in [-0.2, 0) is 16.6 Å². The number of nitrogens with one attached hydrogen (secondary N) is 1. The van der Waals surface area contributed by atoms with E-state index in [9.17, 15) is 17.2 Å². The van der Waals surface area contributed by atoms with Gasteiger partial charge in [0.15, 0.2) is 0 Å². The van der Waals surface area contributed by atoms with Crippen molar-refractivity contribution in [2.45, 2.75) is 25.1 Å². The summed E-state index contributed by atoms with van der Waals surface area (Å²) in [7, 11) is -3.61. The third-order valence-corrected chi connectivity index (χ3v) is 4.58. The summed E-state index contributed by atoms with van der Waals surface area (Å²) < 4.78 is 51.9. The maximum absolute atomic E-state index is 13.3. The van der Waals surface area contributed by atoms with Crippen LogP contribution < -0.4 is 10.5 Å². The van der Waals surface area contributed by atoms with E-state index in [0.717, 1.165) is 18.2 Å². The zero-order chi connectivity index (χ0) is 13.8. The Morgan fingerprint density at radius 3 is 2.61 bits per heavy atom. The number of hydrogen-bond acceptors (Lipinski definition) is 3. The van der Waals surface area contributed by atoms with Crippen LogP contribution in [0.4, 0.5) is 8.78 Å². The third kappa shape index (κ3) is 3.72. The Morgan fingerprint density at radius 2 is 2.06 bits per heavy atom. The van der Waals surface area contributed by atoms with Gasteiger partial charge in [0, 0.05) is 18.7 Å². The SMILES string of the molecule is CCC(CN)S(=O)(=O)NCc1cc(F)ccc1F. The van der Waals surface area contributed by atoms with E-state index >= 15 is 0 Å². The van der Waals surface area contributed by atoms with Gasteiger partial charge in [-0.3, -0.25) is 0 Å². The van der Waals surface area contributed by atoms with Crippen molar-refractivity contribution >= 4 is 10.0 Å². The van der Waals surface area contributed by atoms with Gasteiger partial charge in [0.05, 0.1) is 5.25 Å². The van der Waals surface area contributed by atoms with Crippen molar-refractivity contribution < 1.29 is 17.2 Å². The molecule has 102 valence electrons. The first-order chi connectivity index (χ1) is 8.40. The van der Waals surface area contributed by atoms with Crippen molar-refractivity contribution in [1.82, 2.24) is 4.72 Å². The average Bonchev–Trinajstić information content (AvgIpc) is 2.31. The molecule has 18 heavy (non-hydrogen) atoms. The van der Waals surface area contributed by atoms with Crippen LogP contribution in [0, 0.1) is 11.6 Å². The molecule has 1 atom stereocenters. The molecule has 0 saturated carbocycles. The maximum Gasteiger partial charge on any atom is 0.216 e. The van der Waals surface area contributed by atoms with Crippen LogP contribution in [0.15, 0.2) is 18.2 Å². The smallest absolute Gasteiger partial charge is 0.216 e. The molecular weight excluding hydrogens is 262 g/mol. The van der Waals surface area contributed by atoms with Crippen LogP contribution >= 0.6 is 0 Å². The van der Waals surface area contributed by atoms with Crippen LogP contribution in [0.1, 0.15) is 18.9 Å². The van der Waals surface area contributed by atoms with E-state index in [2.05, 4.69) is 4.72 Å². The van der Waals surface area contributed by atoms with Gasteiger partial charge in [-0.2, -0.15) is 0 Å². The lowest BCUT2D eigenvalue weighted by molar-refractivity contribution is 0.553. The van der Waals surface area contributed by atoms with Gasteiger partial charge < -0.3 is 5.73 Å². The number of benzene rings is 1. The second-order valence-electron chi connectivity index (χ2n) is 3.87. The molecule has 0 aromatic heterocycles. The fourth-order valence-corrected chi connectivity index (χ4v) is 2.77. The minimum atomic E-state index is -3.61. The molecule has 1 aromatic carbocycles. The van der Waals surface area contributed by atoms with Crippen molar-refractivity contribution in [3.05, 3.63) is 35.4 Å². The zero-order valence-electron chi connectivity index (χ0n) is 9.99. The minimum absolute atomic E-state index is 0.0164. The normalized spacial score (nSPS) is 13.6. The Hall–Kier alpha value is -1.05. The molecule has 0 aliphatic heterocycles. The molecule has 1 unspecified atom stereocenters. The molecule has 0 aliphatic carbocycles. The molecular formula is C11H16F2N2O2S. The largest absolute Gasteiger partial charge is 0.329 e. The molecule has 3 N–H and O–H groups in total. The first kappa shape index (κ1) is 15.0. The molecule has 0 amide bonds. The second-order valence-corrected chi connectivity index (χ2v) is 5.91. The van der Waals surface area contributed by atoms with Crippen LogP contribution in [0.3, 0.4) is 0 Å². The maximum atomic E-state index is 13.3. The van der Waals surface area contributed by atoms with E-state index in [1.54, 1.807) is 6.92 Å². The van der Waals surface area contributed by atoms with E-state index < -0.39 is 26.9 Å². The van der Waals surface area contributed by atoms with Gasteiger partial charge in [-0.1, -0.05) is 6.92 Å².